The number of phenols is 1. The first kappa shape index (κ1) is 36.9. The number of hydrogen-bond acceptors (Lipinski definition) is 9. The second-order valence-electron chi connectivity index (χ2n) is 16.4. The fourth-order valence-corrected chi connectivity index (χ4v) is 11.0. The number of aromatic nitrogens is 4. The van der Waals surface area contributed by atoms with E-state index in [0.29, 0.717) is 17.5 Å². The number of aromatic hydroxyl groups is 1. The molecule has 5 aromatic rings. The first-order valence-electron chi connectivity index (χ1n) is 19.8. The molecule has 10 rings (SSSR count). The number of carbonyl (C=O) groups is 1. The molecule has 1 aromatic heterocycles. The van der Waals surface area contributed by atoms with Gasteiger partial charge in [0.05, 0.1) is 24.5 Å². The third-order valence-electron chi connectivity index (χ3n) is 12.3. The lowest BCUT2D eigenvalue weighted by molar-refractivity contribution is -0.268. The number of thioether (sulfide) groups is 1. The summed E-state index contributed by atoms with van der Waals surface area (Å²) in [4.78, 5) is 13.2. The molecule has 5 fully saturated rings. The Morgan fingerprint density at radius 2 is 1.55 bits per heavy atom. The maximum atomic E-state index is 13.2. The molecule has 2 amide bonds. The van der Waals surface area contributed by atoms with E-state index in [1.165, 1.54) is 31.0 Å². The molecule has 4 atom stereocenters. The van der Waals surface area contributed by atoms with Crippen LogP contribution in [0.15, 0.2) is 102 Å². The van der Waals surface area contributed by atoms with Crippen LogP contribution in [0.2, 0.25) is 0 Å². The van der Waals surface area contributed by atoms with Gasteiger partial charge < -0.3 is 30.3 Å². The summed E-state index contributed by atoms with van der Waals surface area (Å²) < 4.78 is 15.2. The Morgan fingerprint density at radius 1 is 0.857 bits per heavy atom. The molecular formula is C44H48N6O5S. The molecule has 4 aromatic carbocycles. The third kappa shape index (κ3) is 7.80. The average molecular weight is 773 g/mol. The molecule has 5 aliphatic rings. The monoisotopic (exact) mass is 772 g/mol. The number of phenolic OH excluding ortho intramolecular Hbond substituents is 1. The third-order valence-corrected chi connectivity index (χ3v) is 13.3. The smallest absolute Gasteiger partial charge is 0.315 e. The molecule has 12 heteroatoms. The van der Waals surface area contributed by atoms with Crippen molar-refractivity contribution < 1.29 is 24.5 Å². The predicted octanol–water partition coefficient (Wildman–Crippen LogP) is 7.88. The predicted molar refractivity (Wildman–Crippen MR) is 213 cm³/mol. The lowest BCUT2D eigenvalue weighted by Gasteiger charge is -2.56. The van der Waals surface area contributed by atoms with Gasteiger partial charge in [0.2, 0.25) is 5.16 Å². The largest absolute Gasteiger partial charge is 0.508 e. The first-order valence-corrected chi connectivity index (χ1v) is 20.7. The summed E-state index contributed by atoms with van der Waals surface area (Å²) in [5.41, 5.74) is 6.57. The van der Waals surface area contributed by atoms with Crippen LogP contribution in [-0.2, 0) is 22.6 Å². The Bertz CT molecular complexity index is 2120. The Balaban J connectivity index is 0.908. The second-order valence-corrected chi connectivity index (χ2v) is 17.3. The normalized spacial score (nSPS) is 27.9. The van der Waals surface area contributed by atoms with Crippen molar-refractivity contribution in [3.05, 3.63) is 119 Å². The van der Waals surface area contributed by atoms with Crippen molar-refractivity contribution >= 4 is 17.8 Å². The average Bonchev–Trinajstić information content (AvgIpc) is 3.68. The van der Waals surface area contributed by atoms with Gasteiger partial charge in [0.1, 0.15) is 5.75 Å². The van der Waals surface area contributed by atoms with Crippen LogP contribution in [-0.4, -0.2) is 53.8 Å². The Kier molecular flexibility index (Phi) is 10.3. The quantitative estimate of drug-likeness (QED) is 0.0987. The van der Waals surface area contributed by atoms with Gasteiger partial charge in [-0.05, 0) is 131 Å². The number of benzene rings is 4. The molecule has 0 unspecified atom stereocenters. The maximum Gasteiger partial charge on any atom is 0.315 e. The van der Waals surface area contributed by atoms with Crippen LogP contribution in [0, 0.1) is 23.7 Å². The van der Waals surface area contributed by atoms with Crippen LogP contribution in [0.25, 0.3) is 16.8 Å². The van der Waals surface area contributed by atoms with E-state index in [1.807, 2.05) is 42.5 Å². The van der Waals surface area contributed by atoms with Crippen LogP contribution in [0.1, 0.15) is 80.1 Å². The van der Waals surface area contributed by atoms with Crippen LogP contribution < -0.4 is 10.6 Å². The number of rotatable bonds is 11. The number of ether oxygens (including phenoxy) is 2. The van der Waals surface area contributed by atoms with Gasteiger partial charge in [-0.2, -0.15) is 4.68 Å². The minimum atomic E-state index is -0.648. The molecule has 56 heavy (non-hydrogen) atoms. The van der Waals surface area contributed by atoms with Crippen molar-refractivity contribution in [3.8, 4) is 22.6 Å². The molecule has 4 bridgehead atoms. The number of tetrazole rings is 1. The zero-order chi connectivity index (χ0) is 38.2. The van der Waals surface area contributed by atoms with Crippen molar-refractivity contribution in [1.82, 2.24) is 30.8 Å². The lowest BCUT2D eigenvalue weighted by atomic mass is 9.53. The number of nitrogens with one attached hydrogen (secondary N) is 2. The van der Waals surface area contributed by atoms with Crippen molar-refractivity contribution in [2.75, 3.05) is 5.75 Å². The summed E-state index contributed by atoms with van der Waals surface area (Å²) in [5.74, 6) is 3.04. The van der Waals surface area contributed by atoms with Crippen molar-refractivity contribution in [2.45, 2.75) is 87.8 Å². The molecular weight excluding hydrogens is 725 g/mol. The molecule has 4 N–H and O–H groups in total. The number of urea groups is 1. The number of aliphatic hydroxyl groups excluding tert-OH is 1. The zero-order valence-corrected chi connectivity index (χ0v) is 32.3. The molecule has 1 saturated heterocycles. The second kappa shape index (κ2) is 15.7. The number of nitrogens with zero attached hydrogens (tertiary/aromatic N) is 4. The first-order chi connectivity index (χ1) is 27.3. The van der Waals surface area contributed by atoms with Crippen molar-refractivity contribution in [1.29, 1.82) is 0 Å². The standard InChI is InChI=1S/C44H48N6O5S/c1-27-39(26-56-43-47-48-49-50(43)37-12-14-38(52)15-13-37)54-41(55-40(27)33-10-8-28(25-51)9-11-33)36-7-3-6-35(20-36)34-5-2-4-29(19-34)24-45-42(53)46-44-21-30-16-31(22-44)18-32(17-30)23-44/h2-15,19-20,27,30-32,39-41,51-52H,16-18,21-26H2,1H3,(H2,45,46,53)/t27-,30?,31?,32?,39+,40+,41+,44?/m1/s1. The molecule has 2 heterocycles. The van der Waals surface area contributed by atoms with E-state index in [0.717, 1.165) is 76.1 Å². The van der Waals surface area contributed by atoms with E-state index in [4.69, 9.17) is 9.47 Å². The highest BCUT2D eigenvalue weighted by molar-refractivity contribution is 7.99. The van der Waals surface area contributed by atoms with E-state index in [2.05, 4.69) is 63.4 Å². The highest BCUT2D eigenvalue weighted by Crippen LogP contribution is 2.55. The van der Waals surface area contributed by atoms with Crippen LogP contribution in [0.5, 0.6) is 5.75 Å². The van der Waals surface area contributed by atoms with Gasteiger partial charge in [0.25, 0.3) is 0 Å². The molecule has 11 nitrogen and oxygen atoms in total. The van der Waals surface area contributed by atoms with E-state index in [1.54, 1.807) is 28.9 Å². The summed E-state index contributed by atoms with van der Waals surface area (Å²) in [6.07, 6.45) is 6.28. The molecule has 0 spiro atoms. The van der Waals surface area contributed by atoms with Gasteiger partial charge in [-0.25, -0.2) is 4.79 Å². The van der Waals surface area contributed by atoms with Gasteiger partial charge in [-0.3, -0.25) is 0 Å². The van der Waals surface area contributed by atoms with Gasteiger partial charge in [-0.1, -0.05) is 79.3 Å². The summed E-state index contributed by atoms with van der Waals surface area (Å²) in [6.45, 7) is 2.56. The summed E-state index contributed by atoms with van der Waals surface area (Å²) >= 11 is 1.50. The van der Waals surface area contributed by atoms with E-state index < -0.39 is 6.29 Å². The summed E-state index contributed by atoms with van der Waals surface area (Å²) in [5, 5.41) is 39.1. The highest BCUT2D eigenvalue weighted by atomic mass is 32.2. The number of hydrogen-bond donors (Lipinski definition) is 4. The topological polar surface area (TPSA) is 144 Å². The molecule has 4 saturated carbocycles. The molecule has 4 aliphatic carbocycles. The zero-order valence-electron chi connectivity index (χ0n) is 31.5. The highest BCUT2D eigenvalue weighted by Gasteiger charge is 2.51. The van der Waals surface area contributed by atoms with Crippen LogP contribution in [0.3, 0.4) is 0 Å². The molecule has 1 aliphatic heterocycles. The molecule has 0 radical (unpaired) electrons. The van der Waals surface area contributed by atoms with Gasteiger partial charge >= 0.3 is 6.03 Å². The van der Waals surface area contributed by atoms with E-state index in [-0.39, 0.29) is 42.1 Å². The number of aliphatic hydroxyl groups is 1. The van der Waals surface area contributed by atoms with Gasteiger partial charge in [0.15, 0.2) is 6.29 Å². The Hall–Kier alpha value is -4.75. The minimum absolute atomic E-state index is 0.0216. The van der Waals surface area contributed by atoms with Gasteiger partial charge in [-0.15, -0.1) is 5.10 Å². The molecule has 290 valence electrons. The Morgan fingerprint density at radius 3 is 2.27 bits per heavy atom. The SMILES string of the molecule is C[C@@H]1[C@H](CSc2nnnn2-c2ccc(O)cc2)O[C@H](c2cccc(-c3cccc(CNC(=O)NC45CC6CC(CC(C6)C4)C5)c3)c2)O[C@@H]1c1ccc(CO)cc1. The number of carbonyl (C=O) groups excluding carboxylic acids is 1. The van der Waals surface area contributed by atoms with E-state index >= 15 is 0 Å². The summed E-state index contributed by atoms with van der Waals surface area (Å²) in [6, 6.07) is 31.2. The maximum absolute atomic E-state index is 13.2. The minimum Gasteiger partial charge on any atom is -0.508 e. The summed E-state index contributed by atoms with van der Waals surface area (Å²) in [7, 11) is 0. The fourth-order valence-electron chi connectivity index (χ4n) is 9.95. The fraction of sp³-hybridized carbons (Fsp3) is 0.409. The van der Waals surface area contributed by atoms with Crippen LogP contribution >= 0.6 is 11.8 Å². The van der Waals surface area contributed by atoms with Crippen molar-refractivity contribution in [2.24, 2.45) is 23.7 Å². The Labute approximate surface area is 331 Å². The number of amides is 2. The van der Waals surface area contributed by atoms with Gasteiger partial charge in [0, 0.05) is 29.3 Å². The van der Waals surface area contributed by atoms with Crippen molar-refractivity contribution in [3.63, 3.8) is 0 Å². The van der Waals surface area contributed by atoms with Crippen LogP contribution in [0.4, 0.5) is 4.79 Å². The lowest BCUT2D eigenvalue weighted by Crippen LogP contribution is -2.61. The van der Waals surface area contributed by atoms with E-state index in [9.17, 15) is 15.0 Å².